The first-order chi connectivity index (χ1) is 18.0. The maximum Gasteiger partial charge on any atom is 4.00 e. The molecule has 4 heteroatoms. The summed E-state index contributed by atoms with van der Waals surface area (Å²) < 4.78 is 10.7. The molecular formula is C36H36HfO2Si. The maximum absolute atomic E-state index is 5.36. The number of benzene rings is 4. The third-order valence-electron chi connectivity index (χ3n) is 7.75. The van der Waals surface area contributed by atoms with Crippen molar-refractivity contribution in [3.63, 3.8) is 0 Å². The molecule has 6 rings (SSSR count). The molecule has 2 nitrogen and oxygen atoms in total. The van der Waals surface area contributed by atoms with Crippen LogP contribution in [0.2, 0.25) is 13.1 Å². The van der Waals surface area contributed by atoms with Crippen molar-refractivity contribution in [2.45, 2.75) is 13.1 Å². The molecule has 0 amide bonds. The average Bonchev–Trinajstić information content (AvgIpc) is 3.59. The third kappa shape index (κ3) is 5.52. The van der Waals surface area contributed by atoms with Gasteiger partial charge in [0.1, 0.15) is 11.5 Å². The van der Waals surface area contributed by atoms with Gasteiger partial charge in [0.2, 0.25) is 0 Å². The van der Waals surface area contributed by atoms with Crippen molar-refractivity contribution in [3.8, 4) is 33.8 Å². The van der Waals surface area contributed by atoms with Crippen LogP contribution in [0, 0.1) is 14.9 Å². The Morgan fingerprint density at radius 1 is 0.550 bits per heavy atom. The van der Waals surface area contributed by atoms with Gasteiger partial charge < -0.3 is 24.3 Å². The molecule has 0 aliphatic rings. The third-order valence-corrected chi connectivity index (χ3v) is 11.2. The smallest absolute Gasteiger partial charge is 0.497 e. The monoisotopic (exact) mass is 708 g/mol. The second kappa shape index (κ2) is 12.5. The average molecular weight is 707 g/mol. The molecule has 0 unspecified atom stereocenters. The van der Waals surface area contributed by atoms with Crippen molar-refractivity contribution in [2.24, 2.45) is 0 Å². The molecule has 0 saturated carbocycles. The SMILES string of the molecule is COc1ccc(-c2cccc3[cH-]c([Si](C)(C)c4cc5c(-c6ccc(OC)cc6)cccc5[cH-]4)cc23)cc1.[CH3-].[CH3-].[Hf+4]. The van der Waals surface area contributed by atoms with Crippen LogP contribution in [0.3, 0.4) is 0 Å². The van der Waals surface area contributed by atoms with Crippen molar-refractivity contribution in [1.29, 1.82) is 0 Å². The predicted molar refractivity (Wildman–Crippen MR) is 173 cm³/mol. The Morgan fingerprint density at radius 3 is 1.27 bits per heavy atom. The van der Waals surface area contributed by atoms with E-state index in [1.807, 2.05) is 24.3 Å². The summed E-state index contributed by atoms with van der Waals surface area (Å²) in [6, 6.07) is 39.7. The molecule has 0 bridgehead atoms. The molecule has 200 valence electrons. The summed E-state index contributed by atoms with van der Waals surface area (Å²) in [4.78, 5) is 0. The normalized spacial score (nSPS) is 10.9. The fraction of sp³-hybridized carbons (Fsp3) is 0.111. The maximum atomic E-state index is 5.36. The summed E-state index contributed by atoms with van der Waals surface area (Å²) in [6.07, 6.45) is 0. The van der Waals surface area contributed by atoms with E-state index in [4.69, 9.17) is 9.47 Å². The molecule has 0 heterocycles. The molecule has 0 aliphatic heterocycles. The minimum absolute atomic E-state index is 0. The van der Waals surface area contributed by atoms with E-state index in [0.29, 0.717) is 0 Å². The number of fused-ring (bicyclic) bond motifs is 2. The van der Waals surface area contributed by atoms with Crippen molar-refractivity contribution >= 4 is 40.0 Å². The summed E-state index contributed by atoms with van der Waals surface area (Å²) in [5, 5.41) is 8.17. The number of hydrogen-bond donors (Lipinski definition) is 0. The minimum atomic E-state index is -1.94. The molecule has 0 spiro atoms. The summed E-state index contributed by atoms with van der Waals surface area (Å²) >= 11 is 0. The van der Waals surface area contributed by atoms with E-state index in [-0.39, 0.29) is 40.7 Å². The van der Waals surface area contributed by atoms with E-state index in [2.05, 4.69) is 98.0 Å². The number of ether oxygens (including phenoxy) is 2. The van der Waals surface area contributed by atoms with Crippen molar-refractivity contribution < 1.29 is 35.3 Å². The summed E-state index contributed by atoms with van der Waals surface area (Å²) in [5.41, 5.74) is 4.97. The van der Waals surface area contributed by atoms with Gasteiger partial charge in [0.05, 0.1) is 22.3 Å². The van der Waals surface area contributed by atoms with Gasteiger partial charge in [-0.25, -0.2) is 0 Å². The van der Waals surface area contributed by atoms with Gasteiger partial charge in [-0.2, -0.15) is 12.1 Å². The van der Waals surface area contributed by atoms with Gasteiger partial charge in [0.15, 0.2) is 0 Å². The van der Waals surface area contributed by atoms with Crippen LogP contribution in [0.5, 0.6) is 11.5 Å². The Balaban J connectivity index is 0.00000147. The molecule has 0 radical (unpaired) electrons. The van der Waals surface area contributed by atoms with E-state index in [9.17, 15) is 0 Å². The van der Waals surface area contributed by atoms with E-state index in [1.165, 1.54) is 54.2 Å². The summed E-state index contributed by atoms with van der Waals surface area (Å²) in [6.45, 7) is 4.94. The Labute approximate surface area is 259 Å². The van der Waals surface area contributed by atoms with E-state index < -0.39 is 8.07 Å². The van der Waals surface area contributed by atoms with Crippen LogP contribution in [0.25, 0.3) is 43.8 Å². The summed E-state index contributed by atoms with van der Waals surface area (Å²) in [7, 11) is 1.48. The largest absolute Gasteiger partial charge is 4.00 e. The van der Waals surface area contributed by atoms with Gasteiger partial charge in [-0.3, -0.25) is 0 Å². The zero-order valence-electron chi connectivity index (χ0n) is 24.2. The van der Waals surface area contributed by atoms with Crippen molar-refractivity contribution in [2.75, 3.05) is 14.2 Å². The zero-order valence-corrected chi connectivity index (χ0v) is 28.8. The van der Waals surface area contributed by atoms with Gasteiger partial charge >= 0.3 is 25.8 Å². The topological polar surface area (TPSA) is 18.5 Å². The van der Waals surface area contributed by atoms with Crippen LogP contribution in [0.15, 0.2) is 109 Å². The quantitative estimate of drug-likeness (QED) is 0.128. The van der Waals surface area contributed by atoms with Crippen LogP contribution in [-0.2, 0) is 25.8 Å². The van der Waals surface area contributed by atoms with Gasteiger partial charge in [0.25, 0.3) is 0 Å². The number of methoxy groups -OCH3 is 2. The molecule has 6 aromatic carbocycles. The first-order valence-electron chi connectivity index (χ1n) is 12.7. The van der Waals surface area contributed by atoms with Gasteiger partial charge in [-0.15, -0.1) is 68.3 Å². The Morgan fingerprint density at radius 2 is 0.925 bits per heavy atom. The molecule has 0 N–H and O–H groups in total. The Kier molecular flexibility index (Phi) is 9.81. The standard InChI is InChI=1S/C34H30O2Si.2CH3.Hf/c1-35-27-15-11-23(12-16-27)31-9-5-7-25-19-29(21-33(25)31)37(3,4)30-20-26-8-6-10-32(34(26)22-30)24-13-17-28(36-2)18-14-24;;;/h5-22H,1-4H3;2*1H3;/q-2;2*-1;+4. The van der Waals surface area contributed by atoms with Gasteiger partial charge in [-0.05, 0) is 35.4 Å². The van der Waals surface area contributed by atoms with Crippen LogP contribution >= 0.6 is 0 Å². The number of rotatable bonds is 6. The molecule has 0 aliphatic carbocycles. The van der Waals surface area contributed by atoms with E-state index >= 15 is 0 Å². The van der Waals surface area contributed by atoms with Gasteiger partial charge in [0, 0.05) is 0 Å². The Bertz CT molecular complexity index is 1580. The van der Waals surface area contributed by atoms with E-state index in [0.717, 1.165) is 11.5 Å². The van der Waals surface area contributed by atoms with Crippen molar-refractivity contribution in [3.05, 3.63) is 124 Å². The first kappa shape index (κ1) is 31.3. The predicted octanol–water partition coefficient (Wildman–Crippen LogP) is 8.50. The number of hydrogen-bond acceptors (Lipinski definition) is 2. The minimum Gasteiger partial charge on any atom is -0.497 e. The van der Waals surface area contributed by atoms with E-state index in [1.54, 1.807) is 14.2 Å². The molecule has 40 heavy (non-hydrogen) atoms. The summed E-state index contributed by atoms with van der Waals surface area (Å²) in [5.74, 6) is 1.76. The fourth-order valence-corrected chi connectivity index (χ4v) is 7.78. The molecular weight excluding hydrogens is 671 g/mol. The molecule has 0 atom stereocenters. The van der Waals surface area contributed by atoms with Gasteiger partial charge in [-0.1, -0.05) is 60.6 Å². The van der Waals surface area contributed by atoms with Crippen LogP contribution in [-0.4, -0.2) is 22.3 Å². The second-order valence-electron chi connectivity index (χ2n) is 10.2. The van der Waals surface area contributed by atoms with Crippen LogP contribution < -0.4 is 19.8 Å². The molecule has 0 aromatic heterocycles. The second-order valence-corrected chi connectivity index (χ2v) is 14.6. The van der Waals surface area contributed by atoms with Crippen LogP contribution in [0.4, 0.5) is 0 Å². The van der Waals surface area contributed by atoms with Crippen LogP contribution in [0.1, 0.15) is 0 Å². The Hall–Kier alpha value is -3.21. The zero-order chi connectivity index (χ0) is 25.6. The molecule has 0 fully saturated rings. The van der Waals surface area contributed by atoms with Crippen molar-refractivity contribution in [1.82, 2.24) is 0 Å². The fourth-order valence-electron chi connectivity index (χ4n) is 5.40. The molecule has 0 saturated heterocycles. The first-order valence-corrected chi connectivity index (χ1v) is 15.7. The molecule has 6 aromatic rings.